The number of benzene rings is 2. The number of hydrogen-bond acceptors (Lipinski definition) is 3. The number of halogens is 2. The fourth-order valence-corrected chi connectivity index (χ4v) is 2.01. The molecule has 1 N–H and O–H groups in total. The van der Waals surface area contributed by atoms with Crippen molar-refractivity contribution in [3.05, 3.63) is 64.4 Å². The lowest BCUT2D eigenvalue weighted by atomic mass is 10.2. The first-order valence-corrected chi connectivity index (χ1v) is 6.83. The topological polar surface area (TPSA) is 55.4 Å². The number of ether oxygens (including phenoxy) is 1. The molecular weight excluding hydrogens is 309 g/mol. The Balaban J connectivity index is 1.93. The van der Waals surface area contributed by atoms with Crippen LogP contribution in [-0.4, -0.2) is 18.5 Å². The molecule has 4 nitrogen and oxygen atoms in total. The van der Waals surface area contributed by atoms with Crippen LogP contribution in [0.5, 0.6) is 0 Å². The molecule has 0 radical (unpaired) electrons. The molecule has 2 aromatic rings. The van der Waals surface area contributed by atoms with E-state index in [1.807, 2.05) is 19.1 Å². The van der Waals surface area contributed by atoms with Crippen LogP contribution in [0.1, 0.15) is 15.9 Å². The van der Waals surface area contributed by atoms with Gasteiger partial charge in [-0.15, -0.1) is 0 Å². The fraction of sp³-hybridized carbons (Fsp3) is 0.125. The van der Waals surface area contributed by atoms with Gasteiger partial charge in [-0.3, -0.25) is 4.79 Å². The molecule has 0 fully saturated rings. The molecule has 0 saturated carbocycles. The van der Waals surface area contributed by atoms with Crippen LogP contribution in [0.4, 0.5) is 10.1 Å². The maximum absolute atomic E-state index is 12.9. The van der Waals surface area contributed by atoms with Gasteiger partial charge in [-0.1, -0.05) is 29.8 Å². The van der Waals surface area contributed by atoms with Gasteiger partial charge in [0.1, 0.15) is 5.82 Å². The molecule has 22 heavy (non-hydrogen) atoms. The minimum Gasteiger partial charge on any atom is -0.452 e. The molecule has 114 valence electrons. The van der Waals surface area contributed by atoms with E-state index in [9.17, 15) is 14.0 Å². The Bertz CT molecular complexity index is 718. The summed E-state index contributed by atoms with van der Waals surface area (Å²) < 4.78 is 17.8. The van der Waals surface area contributed by atoms with Crippen molar-refractivity contribution in [3.63, 3.8) is 0 Å². The minimum absolute atomic E-state index is 0.00626. The van der Waals surface area contributed by atoms with Crippen molar-refractivity contribution < 1.29 is 18.7 Å². The van der Waals surface area contributed by atoms with Gasteiger partial charge < -0.3 is 10.1 Å². The predicted molar refractivity (Wildman–Crippen MR) is 81.5 cm³/mol. The van der Waals surface area contributed by atoms with E-state index in [2.05, 4.69) is 5.32 Å². The molecule has 0 unspecified atom stereocenters. The number of esters is 1. The zero-order valence-electron chi connectivity index (χ0n) is 11.7. The van der Waals surface area contributed by atoms with Crippen LogP contribution in [0, 0.1) is 12.7 Å². The number of para-hydroxylation sites is 1. The Kier molecular flexibility index (Phi) is 5.12. The Morgan fingerprint density at radius 2 is 1.95 bits per heavy atom. The third-order valence-electron chi connectivity index (χ3n) is 2.90. The number of rotatable bonds is 4. The van der Waals surface area contributed by atoms with Gasteiger partial charge in [0.25, 0.3) is 5.91 Å². The average Bonchev–Trinajstić information content (AvgIpc) is 2.47. The first kappa shape index (κ1) is 16.0. The van der Waals surface area contributed by atoms with E-state index in [1.165, 1.54) is 6.07 Å². The van der Waals surface area contributed by atoms with Gasteiger partial charge in [0, 0.05) is 5.69 Å². The van der Waals surface area contributed by atoms with Crippen molar-refractivity contribution >= 4 is 29.2 Å². The van der Waals surface area contributed by atoms with E-state index in [4.69, 9.17) is 16.3 Å². The number of aryl methyl sites for hydroxylation is 1. The molecule has 0 aliphatic heterocycles. The van der Waals surface area contributed by atoms with Gasteiger partial charge >= 0.3 is 5.97 Å². The summed E-state index contributed by atoms with van der Waals surface area (Å²) in [6.07, 6.45) is 0. The number of amides is 1. The van der Waals surface area contributed by atoms with Crippen molar-refractivity contribution in [2.24, 2.45) is 0 Å². The number of anilines is 1. The van der Waals surface area contributed by atoms with Crippen LogP contribution in [0.3, 0.4) is 0 Å². The molecule has 0 aliphatic carbocycles. The van der Waals surface area contributed by atoms with Gasteiger partial charge in [-0.2, -0.15) is 0 Å². The summed E-state index contributed by atoms with van der Waals surface area (Å²) in [7, 11) is 0. The van der Waals surface area contributed by atoms with Crippen molar-refractivity contribution in [1.29, 1.82) is 0 Å². The quantitative estimate of drug-likeness (QED) is 0.876. The fourth-order valence-electron chi connectivity index (χ4n) is 1.76. The highest BCUT2D eigenvalue weighted by atomic mass is 35.5. The molecule has 0 saturated heterocycles. The molecule has 0 bridgehead atoms. The van der Waals surface area contributed by atoms with Crippen molar-refractivity contribution in [1.82, 2.24) is 0 Å². The SMILES string of the molecule is Cc1ccccc1NC(=O)COC(=O)c1ccc(F)cc1Cl. The number of carbonyl (C=O) groups is 2. The van der Waals surface area contributed by atoms with Crippen LogP contribution >= 0.6 is 11.6 Å². The highest BCUT2D eigenvalue weighted by molar-refractivity contribution is 6.33. The largest absolute Gasteiger partial charge is 0.452 e. The second-order valence-electron chi connectivity index (χ2n) is 4.56. The normalized spacial score (nSPS) is 10.1. The third kappa shape index (κ3) is 4.05. The van der Waals surface area contributed by atoms with E-state index >= 15 is 0 Å². The van der Waals surface area contributed by atoms with Gasteiger partial charge in [0.2, 0.25) is 0 Å². The van der Waals surface area contributed by atoms with E-state index in [-0.39, 0.29) is 10.6 Å². The van der Waals surface area contributed by atoms with Crippen molar-refractivity contribution in [2.75, 3.05) is 11.9 Å². The molecule has 1 amide bonds. The molecule has 0 aromatic heterocycles. The molecule has 0 aliphatic rings. The van der Waals surface area contributed by atoms with Gasteiger partial charge in [-0.25, -0.2) is 9.18 Å². The van der Waals surface area contributed by atoms with Gasteiger partial charge in [-0.05, 0) is 36.8 Å². The Hall–Kier alpha value is -2.40. The molecule has 0 spiro atoms. The van der Waals surface area contributed by atoms with Crippen LogP contribution in [0.2, 0.25) is 5.02 Å². The maximum Gasteiger partial charge on any atom is 0.340 e. The summed E-state index contributed by atoms with van der Waals surface area (Å²) in [5.41, 5.74) is 1.54. The second-order valence-corrected chi connectivity index (χ2v) is 4.97. The molecule has 2 rings (SSSR count). The van der Waals surface area contributed by atoms with Crippen LogP contribution in [-0.2, 0) is 9.53 Å². The number of carbonyl (C=O) groups excluding carboxylic acids is 2. The monoisotopic (exact) mass is 321 g/mol. The third-order valence-corrected chi connectivity index (χ3v) is 3.22. The zero-order chi connectivity index (χ0) is 16.1. The van der Waals surface area contributed by atoms with Crippen LogP contribution in [0.15, 0.2) is 42.5 Å². The molecular formula is C16H13ClFNO3. The van der Waals surface area contributed by atoms with E-state index in [0.29, 0.717) is 5.69 Å². The van der Waals surface area contributed by atoms with Gasteiger partial charge in [0.15, 0.2) is 6.61 Å². The maximum atomic E-state index is 12.9. The summed E-state index contributed by atoms with van der Waals surface area (Å²) in [5, 5.41) is 2.57. The van der Waals surface area contributed by atoms with E-state index in [1.54, 1.807) is 12.1 Å². The molecule has 0 atom stereocenters. The smallest absolute Gasteiger partial charge is 0.340 e. The van der Waals surface area contributed by atoms with Crippen molar-refractivity contribution in [3.8, 4) is 0 Å². The van der Waals surface area contributed by atoms with E-state index in [0.717, 1.165) is 17.7 Å². The summed E-state index contributed by atoms with van der Waals surface area (Å²) in [4.78, 5) is 23.5. The highest BCUT2D eigenvalue weighted by Crippen LogP contribution is 2.18. The lowest BCUT2D eigenvalue weighted by Crippen LogP contribution is -2.21. The number of nitrogens with one attached hydrogen (secondary N) is 1. The lowest BCUT2D eigenvalue weighted by molar-refractivity contribution is -0.119. The lowest BCUT2D eigenvalue weighted by Gasteiger charge is -2.09. The first-order valence-electron chi connectivity index (χ1n) is 6.45. The Morgan fingerprint density at radius 3 is 2.64 bits per heavy atom. The summed E-state index contributed by atoms with van der Waals surface area (Å²) in [6.45, 7) is 1.39. The van der Waals surface area contributed by atoms with Gasteiger partial charge in [0.05, 0.1) is 10.6 Å². The van der Waals surface area contributed by atoms with Crippen LogP contribution < -0.4 is 5.32 Å². The molecule has 6 heteroatoms. The molecule has 0 heterocycles. The zero-order valence-corrected chi connectivity index (χ0v) is 12.5. The Labute approximate surface area is 131 Å². The second kappa shape index (κ2) is 7.04. The summed E-state index contributed by atoms with van der Waals surface area (Å²) in [5.74, 6) is -1.82. The van der Waals surface area contributed by atoms with Crippen molar-refractivity contribution in [2.45, 2.75) is 6.92 Å². The summed E-state index contributed by atoms with van der Waals surface area (Å²) in [6, 6.07) is 10.5. The molecule has 2 aromatic carbocycles. The summed E-state index contributed by atoms with van der Waals surface area (Å²) >= 11 is 5.75. The van der Waals surface area contributed by atoms with Crippen LogP contribution in [0.25, 0.3) is 0 Å². The minimum atomic E-state index is -0.787. The van der Waals surface area contributed by atoms with E-state index < -0.39 is 24.3 Å². The standard InChI is InChI=1S/C16H13ClFNO3/c1-10-4-2-3-5-14(10)19-15(20)9-22-16(21)12-7-6-11(18)8-13(12)17/h2-8H,9H2,1H3,(H,19,20). The average molecular weight is 322 g/mol. The number of hydrogen-bond donors (Lipinski definition) is 1. The Morgan fingerprint density at radius 1 is 1.23 bits per heavy atom. The predicted octanol–water partition coefficient (Wildman–Crippen LogP) is 3.58. The first-order chi connectivity index (χ1) is 10.5. The highest BCUT2D eigenvalue weighted by Gasteiger charge is 2.14.